The minimum Gasteiger partial charge on any atom is -0.372 e. The molecule has 7 heteroatoms. The standard InChI is InChI=1S/C25H26BrN5O/c1-3-30(4-2)19-13-11-16(12-14-19)24-28-25-27-20-9-6-10-21(32)22(20)23(31(25)29-24)17-7-5-8-18(26)15-17/h5,7-8,11-15,23H,3-4,6,9-10H2,1-2H3,(H,27,28,29). The molecule has 2 aromatic carbocycles. The molecule has 0 spiro atoms. The Kier molecular flexibility index (Phi) is 5.59. The van der Waals surface area contributed by atoms with Gasteiger partial charge in [-0.3, -0.25) is 4.79 Å². The van der Waals surface area contributed by atoms with Crippen LogP contribution in [0.25, 0.3) is 11.4 Å². The van der Waals surface area contributed by atoms with Gasteiger partial charge in [0.15, 0.2) is 11.6 Å². The number of anilines is 2. The maximum atomic E-state index is 13.0. The summed E-state index contributed by atoms with van der Waals surface area (Å²) in [5, 5.41) is 8.29. The zero-order valence-electron chi connectivity index (χ0n) is 18.3. The minimum absolute atomic E-state index is 0.190. The molecule has 6 nitrogen and oxygen atoms in total. The van der Waals surface area contributed by atoms with Crippen molar-refractivity contribution in [2.24, 2.45) is 0 Å². The summed E-state index contributed by atoms with van der Waals surface area (Å²) >= 11 is 3.58. The van der Waals surface area contributed by atoms with Crippen molar-refractivity contribution in [2.45, 2.75) is 39.2 Å². The smallest absolute Gasteiger partial charge is 0.226 e. The molecule has 3 aromatic rings. The van der Waals surface area contributed by atoms with Crippen LogP contribution >= 0.6 is 15.9 Å². The van der Waals surface area contributed by atoms with E-state index in [9.17, 15) is 4.79 Å². The van der Waals surface area contributed by atoms with E-state index in [0.29, 0.717) is 18.2 Å². The van der Waals surface area contributed by atoms with Gasteiger partial charge in [-0.1, -0.05) is 28.1 Å². The maximum Gasteiger partial charge on any atom is 0.226 e. The molecule has 164 valence electrons. The molecule has 1 aliphatic carbocycles. The summed E-state index contributed by atoms with van der Waals surface area (Å²) in [5.74, 6) is 1.53. The number of nitrogens with zero attached hydrogens (tertiary/aromatic N) is 4. The van der Waals surface area contributed by atoms with Crippen molar-refractivity contribution in [1.29, 1.82) is 0 Å². The summed E-state index contributed by atoms with van der Waals surface area (Å²) in [5.41, 5.74) is 4.97. The molecule has 0 fully saturated rings. The van der Waals surface area contributed by atoms with E-state index in [4.69, 9.17) is 10.1 Å². The SMILES string of the molecule is CCN(CC)c1ccc(-c2nc3n(n2)C(c2cccc(Br)c2)C2=C(CCCC2=O)N3)cc1. The summed E-state index contributed by atoms with van der Waals surface area (Å²) in [6.45, 7) is 6.26. The molecule has 0 saturated heterocycles. The van der Waals surface area contributed by atoms with Crippen LogP contribution in [-0.4, -0.2) is 33.6 Å². The molecule has 0 amide bonds. The number of hydrogen-bond acceptors (Lipinski definition) is 5. The molecule has 1 N–H and O–H groups in total. The summed E-state index contributed by atoms with van der Waals surface area (Å²) in [7, 11) is 0. The molecule has 0 saturated carbocycles. The van der Waals surface area contributed by atoms with Crippen LogP contribution in [0.15, 0.2) is 64.3 Å². The van der Waals surface area contributed by atoms with E-state index in [0.717, 1.165) is 52.8 Å². The fourth-order valence-electron chi connectivity index (χ4n) is 4.67. The molecule has 1 aromatic heterocycles. The largest absolute Gasteiger partial charge is 0.372 e. The Morgan fingerprint density at radius 1 is 1.12 bits per heavy atom. The lowest BCUT2D eigenvalue weighted by Gasteiger charge is -2.32. The first-order valence-electron chi connectivity index (χ1n) is 11.2. The van der Waals surface area contributed by atoms with Gasteiger partial charge in [0.25, 0.3) is 0 Å². The summed E-state index contributed by atoms with van der Waals surface area (Å²) in [6, 6.07) is 16.2. The fraction of sp³-hybridized carbons (Fsp3) is 0.320. The number of Topliss-reactive ketones (excluding diaryl/α,β-unsaturated/α-hetero) is 1. The average Bonchev–Trinajstić information content (AvgIpc) is 3.23. The molecule has 32 heavy (non-hydrogen) atoms. The normalized spacial score (nSPS) is 17.6. The molecular formula is C25H26BrN5O. The number of benzene rings is 2. The van der Waals surface area contributed by atoms with Gasteiger partial charge in [-0.2, -0.15) is 4.98 Å². The van der Waals surface area contributed by atoms with Gasteiger partial charge in [0, 0.05) is 46.5 Å². The van der Waals surface area contributed by atoms with E-state index in [-0.39, 0.29) is 11.8 Å². The quantitative estimate of drug-likeness (QED) is 0.504. The predicted molar refractivity (Wildman–Crippen MR) is 131 cm³/mol. The monoisotopic (exact) mass is 491 g/mol. The van der Waals surface area contributed by atoms with Crippen LogP contribution in [-0.2, 0) is 4.79 Å². The summed E-state index contributed by atoms with van der Waals surface area (Å²) in [6.07, 6.45) is 2.30. The second-order valence-corrected chi connectivity index (χ2v) is 9.09. The number of rotatable bonds is 5. The number of carbonyl (C=O) groups excluding carboxylic acids is 1. The highest BCUT2D eigenvalue weighted by molar-refractivity contribution is 9.10. The Balaban J connectivity index is 1.58. The number of halogens is 1. The zero-order valence-corrected chi connectivity index (χ0v) is 19.9. The van der Waals surface area contributed by atoms with Crippen molar-refractivity contribution in [3.8, 4) is 11.4 Å². The number of nitrogens with one attached hydrogen (secondary N) is 1. The minimum atomic E-state index is -0.275. The average molecular weight is 492 g/mol. The fourth-order valence-corrected chi connectivity index (χ4v) is 5.09. The molecule has 0 radical (unpaired) electrons. The van der Waals surface area contributed by atoms with Crippen LogP contribution in [0.3, 0.4) is 0 Å². The van der Waals surface area contributed by atoms with Gasteiger partial charge in [0.2, 0.25) is 5.95 Å². The number of hydrogen-bond donors (Lipinski definition) is 1. The number of aromatic nitrogens is 3. The highest BCUT2D eigenvalue weighted by atomic mass is 79.9. The van der Waals surface area contributed by atoms with Crippen LogP contribution in [0.4, 0.5) is 11.6 Å². The molecule has 1 atom stereocenters. The van der Waals surface area contributed by atoms with Gasteiger partial charge in [-0.15, -0.1) is 5.10 Å². The summed E-state index contributed by atoms with van der Waals surface area (Å²) < 4.78 is 2.85. The Morgan fingerprint density at radius 2 is 1.91 bits per heavy atom. The Morgan fingerprint density at radius 3 is 2.62 bits per heavy atom. The summed E-state index contributed by atoms with van der Waals surface area (Å²) in [4.78, 5) is 20.1. The van der Waals surface area contributed by atoms with E-state index in [1.807, 2.05) is 16.8 Å². The van der Waals surface area contributed by atoms with Gasteiger partial charge in [-0.05, 0) is 68.7 Å². The number of ketones is 1. The second-order valence-electron chi connectivity index (χ2n) is 8.17. The lowest BCUT2D eigenvalue weighted by molar-refractivity contribution is -0.116. The zero-order chi connectivity index (χ0) is 22.2. The van der Waals surface area contributed by atoms with Crippen LogP contribution in [0.1, 0.15) is 44.7 Å². The van der Waals surface area contributed by atoms with Gasteiger partial charge in [0.05, 0.1) is 0 Å². The van der Waals surface area contributed by atoms with Crippen LogP contribution in [0.2, 0.25) is 0 Å². The predicted octanol–water partition coefficient (Wildman–Crippen LogP) is 5.58. The van der Waals surface area contributed by atoms with Gasteiger partial charge in [0.1, 0.15) is 6.04 Å². The third-order valence-electron chi connectivity index (χ3n) is 6.29. The number of allylic oxidation sites excluding steroid dienone is 2. The molecule has 1 unspecified atom stereocenters. The van der Waals surface area contributed by atoms with Gasteiger partial charge >= 0.3 is 0 Å². The third-order valence-corrected chi connectivity index (χ3v) is 6.78. The van der Waals surface area contributed by atoms with E-state index < -0.39 is 0 Å². The van der Waals surface area contributed by atoms with Crippen molar-refractivity contribution < 1.29 is 4.79 Å². The van der Waals surface area contributed by atoms with Crippen molar-refractivity contribution in [3.05, 3.63) is 69.8 Å². The topological polar surface area (TPSA) is 63.1 Å². The van der Waals surface area contributed by atoms with Crippen LogP contribution < -0.4 is 10.2 Å². The Hall–Kier alpha value is -2.93. The van der Waals surface area contributed by atoms with E-state index in [2.05, 4.69) is 76.4 Å². The molecule has 0 bridgehead atoms. The first-order chi connectivity index (χ1) is 15.6. The molecule has 1 aliphatic heterocycles. The number of carbonyl (C=O) groups is 1. The van der Waals surface area contributed by atoms with E-state index >= 15 is 0 Å². The van der Waals surface area contributed by atoms with Crippen molar-refractivity contribution in [2.75, 3.05) is 23.3 Å². The molecule has 2 aliphatic rings. The maximum absolute atomic E-state index is 13.0. The highest BCUT2D eigenvalue weighted by Crippen LogP contribution is 2.41. The van der Waals surface area contributed by atoms with Crippen LogP contribution in [0, 0.1) is 0 Å². The van der Waals surface area contributed by atoms with Crippen molar-refractivity contribution in [3.63, 3.8) is 0 Å². The molecule has 2 heterocycles. The van der Waals surface area contributed by atoms with Crippen molar-refractivity contribution in [1.82, 2.24) is 14.8 Å². The van der Waals surface area contributed by atoms with Gasteiger partial charge in [-0.25, -0.2) is 4.68 Å². The lowest BCUT2D eigenvalue weighted by atomic mass is 9.85. The Bertz CT molecular complexity index is 1190. The lowest BCUT2D eigenvalue weighted by Crippen LogP contribution is -2.31. The third kappa shape index (κ3) is 3.64. The first-order valence-corrected chi connectivity index (χ1v) is 12.0. The second kappa shape index (κ2) is 8.54. The highest BCUT2D eigenvalue weighted by Gasteiger charge is 2.36. The molecular weight excluding hydrogens is 466 g/mol. The first kappa shape index (κ1) is 20.9. The van der Waals surface area contributed by atoms with E-state index in [1.165, 1.54) is 5.69 Å². The number of fused-ring (bicyclic) bond motifs is 1. The molecule has 5 rings (SSSR count). The van der Waals surface area contributed by atoms with Crippen LogP contribution in [0.5, 0.6) is 0 Å². The van der Waals surface area contributed by atoms with Crippen molar-refractivity contribution >= 4 is 33.3 Å². The van der Waals surface area contributed by atoms with Gasteiger partial charge < -0.3 is 10.2 Å². The Labute approximate surface area is 196 Å². The van der Waals surface area contributed by atoms with E-state index in [1.54, 1.807) is 0 Å².